The summed E-state index contributed by atoms with van der Waals surface area (Å²) < 4.78 is 0. The Morgan fingerprint density at radius 1 is 1.00 bits per heavy atom. The molecule has 3 heteroatoms. The van der Waals surface area contributed by atoms with Crippen LogP contribution < -0.4 is 5.32 Å². The summed E-state index contributed by atoms with van der Waals surface area (Å²) in [6, 6.07) is 12.2. The number of rotatable bonds is 7. The highest BCUT2D eigenvalue weighted by Crippen LogP contribution is 2.26. The van der Waals surface area contributed by atoms with E-state index in [9.17, 15) is 0 Å². The van der Waals surface area contributed by atoms with Crippen molar-refractivity contribution in [2.75, 3.05) is 13.1 Å². The van der Waals surface area contributed by atoms with Gasteiger partial charge in [-0.2, -0.15) is 16.6 Å². The van der Waals surface area contributed by atoms with Crippen LogP contribution in [0.1, 0.15) is 45.1 Å². The molecule has 0 aliphatic heterocycles. The van der Waals surface area contributed by atoms with Crippen LogP contribution in [0.3, 0.4) is 0 Å². The standard InChI is InChI=1S/C11H7NS.C8H19N/c12-6-10-7-13-8-11(10)9-4-2-1-3-5-9;1-3-5-7-9-8-6-4-2/h1-5,7-8H;9H,3-8H2,1-2H3. The highest BCUT2D eigenvalue weighted by Gasteiger charge is 2.03. The van der Waals surface area contributed by atoms with Crippen LogP contribution in [0, 0.1) is 11.3 Å². The van der Waals surface area contributed by atoms with Gasteiger partial charge in [0.25, 0.3) is 0 Å². The second kappa shape index (κ2) is 12.0. The third kappa shape index (κ3) is 6.89. The van der Waals surface area contributed by atoms with E-state index >= 15 is 0 Å². The normalized spacial score (nSPS) is 9.68. The van der Waals surface area contributed by atoms with Crippen LogP contribution in [0.4, 0.5) is 0 Å². The zero-order chi connectivity index (χ0) is 16.0. The van der Waals surface area contributed by atoms with Crippen molar-refractivity contribution in [3.05, 3.63) is 46.7 Å². The van der Waals surface area contributed by atoms with Crippen molar-refractivity contribution >= 4 is 11.3 Å². The smallest absolute Gasteiger partial charge is 0.101 e. The second-order valence-corrected chi connectivity index (χ2v) is 5.88. The lowest BCUT2D eigenvalue weighted by Gasteiger charge is -1.99. The van der Waals surface area contributed by atoms with Gasteiger partial charge >= 0.3 is 0 Å². The molecule has 0 spiro atoms. The van der Waals surface area contributed by atoms with Gasteiger partial charge in [-0.3, -0.25) is 0 Å². The highest BCUT2D eigenvalue weighted by molar-refractivity contribution is 7.08. The van der Waals surface area contributed by atoms with E-state index in [1.165, 1.54) is 38.8 Å². The van der Waals surface area contributed by atoms with E-state index in [4.69, 9.17) is 5.26 Å². The van der Waals surface area contributed by atoms with Gasteiger partial charge in [-0.15, -0.1) is 0 Å². The number of nitrogens with zero attached hydrogens (tertiary/aromatic N) is 1. The predicted molar refractivity (Wildman–Crippen MR) is 97.2 cm³/mol. The average molecular weight is 314 g/mol. The monoisotopic (exact) mass is 314 g/mol. The van der Waals surface area contributed by atoms with Gasteiger partial charge in [-0.1, -0.05) is 57.0 Å². The topological polar surface area (TPSA) is 35.8 Å². The fourth-order valence-electron chi connectivity index (χ4n) is 1.95. The summed E-state index contributed by atoms with van der Waals surface area (Å²) in [7, 11) is 0. The Kier molecular flexibility index (Phi) is 10.0. The molecule has 0 saturated heterocycles. The van der Waals surface area contributed by atoms with E-state index in [1.54, 1.807) is 11.3 Å². The molecule has 2 rings (SSSR count). The Hall–Kier alpha value is -1.63. The van der Waals surface area contributed by atoms with Crippen molar-refractivity contribution in [3.63, 3.8) is 0 Å². The van der Waals surface area contributed by atoms with Crippen molar-refractivity contribution < 1.29 is 0 Å². The molecule has 0 bridgehead atoms. The minimum absolute atomic E-state index is 0.760. The molecule has 0 radical (unpaired) electrons. The van der Waals surface area contributed by atoms with Gasteiger partial charge in [0.1, 0.15) is 6.07 Å². The Morgan fingerprint density at radius 2 is 1.64 bits per heavy atom. The van der Waals surface area contributed by atoms with Crippen LogP contribution in [-0.4, -0.2) is 13.1 Å². The molecule has 0 saturated carbocycles. The van der Waals surface area contributed by atoms with E-state index in [-0.39, 0.29) is 0 Å². The van der Waals surface area contributed by atoms with E-state index in [1.807, 2.05) is 41.1 Å². The maximum absolute atomic E-state index is 8.83. The van der Waals surface area contributed by atoms with Crippen molar-refractivity contribution in [3.8, 4) is 17.2 Å². The Balaban J connectivity index is 0.000000239. The highest BCUT2D eigenvalue weighted by atomic mass is 32.1. The van der Waals surface area contributed by atoms with Crippen LogP contribution in [0.2, 0.25) is 0 Å². The molecule has 0 amide bonds. The zero-order valence-electron chi connectivity index (χ0n) is 13.6. The number of hydrogen-bond donors (Lipinski definition) is 1. The van der Waals surface area contributed by atoms with E-state index in [0.29, 0.717) is 0 Å². The Labute approximate surface area is 138 Å². The maximum atomic E-state index is 8.83. The first-order valence-electron chi connectivity index (χ1n) is 8.05. The van der Waals surface area contributed by atoms with Gasteiger partial charge in [-0.05, 0) is 36.9 Å². The van der Waals surface area contributed by atoms with Gasteiger partial charge in [0.2, 0.25) is 0 Å². The average Bonchev–Trinajstić information content (AvgIpc) is 3.05. The number of hydrogen-bond acceptors (Lipinski definition) is 3. The van der Waals surface area contributed by atoms with Crippen LogP contribution in [-0.2, 0) is 0 Å². The molecule has 0 aliphatic carbocycles. The summed E-state index contributed by atoms with van der Waals surface area (Å²) in [4.78, 5) is 0. The molecule has 2 aromatic rings. The van der Waals surface area contributed by atoms with E-state index in [2.05, 4.69) is 25.2 Å². The van der Waals surface area contributed by atoms with Gasteiger partial charge < -0.3 is 5.32 Å². The molecule has 1 heterocycles. The number of nitriles is 1. The summed E-state index contributed by atoms with van der Waals surface area (Å²) in [5, 5.41) is 16.1. The van der Waals surface area contributed by atoms with Gasteiger partial charge in [0.15, 0.2) is 0 Å². The zero-order valence-corrected chi connectivity index (χ0v) is 14.5. The van der Waals surface area contributed by atoms with Crippen LogP contribution in [0.5, 0.6) is 0 Å². The summed E-state index contributed by atoms with van der Waals surface area (Å²) in [5.74, 6) is 0. The first-order valence-corrected chi connectivity index (χ1v) is 9.00. The molecule has 0 unspecified atom stereocenters. The predicted octanol–water partition coefficient (Wildman–Crippen LogP) is 5.46. The quantitative estimate of drug-likeness (QED) is 0.688. The summed E-state index contributed by atoms with van der Waals surface area (Å²) in [5.41, 5.74) is 2.91. The van der Waals surface area contributed by atoms with Crippen LogP contribution in [0.25, 0.3) is 11.1 Å². The fourth-order valence-corrected chi connectivity index (χ4v) is 2.74. The molecule has 2 nitrogen and oxygen atoms in total. The summed E-state index contributed by atoms with van der Waals surface area (Å²) in [6.07, 6.45) is 5.26. The molecular formula is C19H26N2S. The maximum Gasteiger partial charge on any atom is 0.101 e. The lowest BCUT2D eigenvalue weighted by atomic mass is 10.1. The minimum Gasteiger partial charge on any atom is -0.317 e. The Bertz CT molecular complexity index is 534. The van der Waals surface area contributed by atoms with Gasteiger partial charge in [0, 0.05) is 10.9 Å². The van der Waals surface area contributed by atoms with E-state index in [0.717, 1.165) is 16.7 Å². The molecule has 0 aliphatic rings. The number of benzene rings is 1. The van der Waals surface area contributed by atoms with E-state index < -0.39 is 0 Å². The molecule has 1 N–H and O–H groups in total. The molecule has 22 heavy (non-hydrogen) atoms. The molecule has 0 fully saturated rings. The first-order chi connectivity index (χ1) is 10.8. The van der Waals surface area contributed by atoms with Gasteiger partial charge in [-0.25, -0.2) is 0 Å². The van der Waals surface area contributed by atoms with Crippen LogP contribution >= 0.6 is 11.3 Å². The lowest BCUT2D eigenvalue weighted by Crippen LogP contribution is -2.15. The lowest BCUT2D eigenvalue weighted by molar-refractivity contribution is 0.611. The Morgan fingerprint density at radius 3 is 2.18 bits per heavy atom. The third-order valence-corrected chi connectivity index (χ3v) is 4.02. The molecule has 1 aromatic carbocycles. The summed E-state index contributed by atoms with van der Waals surface area (Å²) in [6.45, 7) is 6.86. The van der Waals surface area contributed by atoms with Crippen molar-refractivity contribution in [1.29, 1.82) is 5.26 Å². The fraction of sp³-hybridized carbons (Fsp3) is 0.421. The molecule has 118 valence electrons. The molecule has 1 aromatic heterocycles. The largest absolute Gasteiger partial charge is 0.317 e. The first kappa shape index (κ1) is 18.4. The number of thiophene rings is 1. The van der Waals surface area contributed by atoms with Crippen molar-refractivity contribution in [2.24, 2.45) is 0 Å². The second-order valence-electron chi connectivity index (χ2n) is 5.13. The summed E-state index contributed by atoms with van der Waals surface area (Å²) >= 11 is 1.56. The molecule has 0 atom stereocenters. The molecular weight excluding hydrogens is 288 g/mol. The van der Waals surface area contributed by atoms with Crippen molar-refractivity contribution in [2.45, 2.75) is 39.5 Å². The number of nitrogens with one attached hydrogen (secondary N) is 1. The minimum atomic E-state index is 0.760. The van der Waals surface area contributed by atoms with Crippen LogP contribution in [0.15, 0.2) is 41.1 Å². The SMILES string of the molecule is CCCCNCCCC.N#Cc1cscc1-c1ccccc1. The van der Waals surface area contributed by atoms with Crippen molar-refractivity contribution in [1.82, 2.24) is 5.32 Å². The number of unbranched alkanes of at least 4 members (excludes halogenated alkanes) is 2. The third-order valence-electron chi connectivity index (χ3n) is 3.28. The van der Waals surface area contributed by atoms with Gasteiger partial charge in [0.05, 0.1) is 5.56 Å².